The molecular formula is C22H24O4S2. The second-order valence-electron chi connectivity index (χ2n) is 6.72. The molecule has 28 heavy (non-hydrogen) atoms. The Morgan fingerprint density at radius 1 is 1.14 bits per heavy atom. The molecule has 0 amide bonds. The lowest BCUT2D eigenvalue weighted by atomic mass is 9.95. The number of aliphatic hydroxyl groups excluding tert-OH is 1. The van der Waals surface area contributed by atoms with Gasteiger partial charge >= 0.3 is 5.97 Å². The van der Waals surface area contributed by atoms with E-state index in [2.05, 4.69) is 18.6 Å². The molecule has 0 aromatic heterocycles. The molecule has 1 atom stereocenters. The highest BCUT2D eigenvalue weighted by atomic mass is 32.2. The number of thioether (sulfide) groups is 2. The third-order valence-corrected chi connectivity index (χ3v) is 8.22. The standard InChI is InChI=1S/C22H24O4S2/c1-14(21(24)25)12-15-4-6-16(7-5-15)20(23)17-8-9-19-18(13-17)22(27-2,28-3)10-11-26-19/h4-9,12-13,20,23H,10-11H2,1-3H3,(H,24,25). The van der Waals surface area contributed by atoms with Gasteiger partial charge in [-0.25, -0.2) is 4.79 Å². The molecule has 1 unspecified atom stereocenters. The highest BCUT2D eigenvalue weighted by Gasteiger charge is 2.37. The van der Waals surface area contributed by atoms with E-state index >= 15 is 0 Å². The quantitative estimate of drug-likeness (QED) is 0.515. The van der Waals surface area contributed by atoms with Crippen LogP contribution in [0.25, 0.3) is 6.08 Å². The Hall–Kier alpha value is -1.89. The Labute approximate surface area is 174 Å². The SMILES string of the molecule is CSC1(SC)CCOc2ccc(C(O)c3ccc(C=C(C)C(=O)O)cc3)cc21. The molecule has 0 saturated carbocycles. The van der Waals surface area contributed by atoms with Gasteiger partial charge in [-0.3, -0.25) is 0 Å². The highest BCUT2D eigenvalue weighted by molar-refractivity contribution is 8.16. The zero-order chi connectivity index (χ0) is 20.3. The number of benzene rings is 2. The molecule has 6 heteroatoms. The van der Waals surface area contributed by atoms with Gasteiger partial charge in [0.2, 0.25) is 0 Å². The van der Waals surface area contributed by atoms with Crippen molar-refractivity contribution in [2.75, 3.05) is 19.1 Å². The van der Waals surface area contributed by atoms with Gasteiger partial charge < -0.3 is 14.9 Å². The lowest BCUT2D eigenvalue weighted by Gasteiger charge is -2.36. The van der Waals surface area contributed by atoms with E-state index in [9.17, 15) is 9.90 Å². The number of hydrogen-bond donors (Lipinski definition) is 2. The molecule has 1 heterocycles. The van der Waals surface area contributed by atoms with Crippen LogP contribution in [0.1, 0.15) is 41.7 Å². The molecule has 0 fully saturated rings. The van der Waals surface area contributed by atoms with Crippen molar-refractivity contribution in [3.05, 3.63) is 70.3 Å². The number of fused-ring (bicyclic) bond motifs is 1. The highest BCUT2D eigenvalue weighted by Crippen LogP contribution is 2.53. The molecule has 2 aromatic rings. The van der Waals surface area contributed by atoms with E-state index in [1.165, 1.54) is 0 Å². The summed E-state index contributed by atoms with van der Waals surface area (Å²) in [6, 6.07) is 13.2. The van der Waals surface area contributed by atoms with Crippen LogP contribution in [0, 0.1) is 0 Å². The minimum atomic E-state index is -0.938. The third-order valence-electron chi connectivity index (χ3n) is 5.05. The smallest absolute Gasteiger partial charge is 0.331 e. The molecule has 0 radical (unpaired) electrons. The van der Waals surface area contributed by atoms with Crippen LogP contribution in [-0.4, -0.2) is 35.3 Å². The van der Waals surface area contributed by atoms with Crippen molar-refractivity contribution in [2.24, 2.45) is 0 Å². The molecule has 0 bridgehead atoms. The van der Waals surface area contributed by atoms with E-state index in [1.54, 1.807) is 13.0 Å². The predicted octanol–water partition coefficient (Wildman–Crippen LogP) is 4.92. The number of carbonyl (C=O) groups is 1. The van der Waals surface area contributed by atoms with Gasteiger partial charge in [-0.2, -0.15) is 0 Å². The summed E-state index contributed by atoms with van der Waals surface area (Å²) < 4.78 is 5.77. The van der Waals surface area contributed by atoms with Gasteiger partial charge in [-0.15, -0.1) is 23.5 Å². The van der Waals surface area contributed by atoms with Crippen LogP contribution in [-0.2, 0) is 8.87 Å². The van der Waals surface area contributed by atoms with Gasteiger partial charge in [0, 0.05) is 17.6 Å². The maximum atomic E-state index is 11.0. The second-order valence-corrected chi connectivity index (χ2v) is 9.19. The van der Waals surface area contributed by atoms with Gasteiger partial charge in [0.05, 0.1) is 10.7 Å². The number of aliphatic carboxylic acids is 1. The summed E-state index contributed by atoms with van der Waals surface area (Å²) in [5.41, 5.74) is 3.77. The van der Waals surface area contributed by atoms with Crippen molar-refractivity contribution < 1.29 is 19.7 Å². The molecule has 4 nitrogen and oxygen atoms in total. The largest absolute Gasteiger partial charge is 0.493 e. The first-order valence-corrected chi connectivity index (χ1v) is 11.4. The summed E-state index contributed by atoms with van der Waals surface area (Å²) in [4.78, 5) is 11.0. The maximum Gasteiger partial charge on any atom is 0.331 e. The average molecular weight is 417 g/mol. The number of ether oxygens (including phenoxy) is 1. The Balaban J connectivity index is 1.90. The van der Waals surface area contributed by atoms with E-state index in [1.807, 2.05) is 59.9 Å². The summed E-state index contributed by atoms with van der Waals surface area (Å²) in [5.74, 6) is -0.0537. The molecule has 1 aliphatic heterocycles. The van der Waals surface area contributed by atoms with Crippen molar-refractivity contribution in [3.8, 4) is 5.75 Å². The van der Waals surface area contributed by atoms with Crippen LogP contribution in [0.15, 0.2) is 48.0 Å². The minimum absolute atomic E-state index is 0.0632. The van der Waals surface area contributed by atoms with Crippen LogP contribution in [0.3, 0.4) is 0 Å². The maximum absolute atomic E-state index is 11.0. The fourth-order valence-electron chi connectivity index (χ4n) is 3.36. The van der Waals surface area contributed by atoms with Crippen molar-refractivity contribution in [1.82, 2.24) is 0 Å². The lowest BCUT2D eigenvalue weighted by Crippen LogP contribution is -2.26. The zero-order valence-electron chi connectivity index (χ0n) is 16.1. The van der Waals surface area contributed by atoms with E-state index in [0.29, 0.717) is 6.61 Å². The normalized spacial score (nSPS) is 16.8. The monoisotopic (exact) mass is 416 g/mol. The van der Waals surface area contributed by atoms with E-state index in [4.69, 9.17) is 9.84 Å². The Bertz CT molecular complexity index is 886. The zero-order valence-corrected chi connectivity index (χ0v) is 17.8. The van der Waals surface area contributed by atoms with Crippen LogP contribution >= 0.6 is 23.5 Å². The summed E-state index contributed by atoms with van der Waals surface area (Å²) in [6.45, 7) is 2.26. The molecule has 1 aliphatic rings. The topological polar surface area (TPSA) is 66.8 Å². The molecule has 2 N–H and O–H groups in total. The molecule has 3 rings (SSSR count). The second kappa shape index (κ2) is 8.64. The molecule has 148 valence electrons. The first-order chi connectivity index (χ1) is 13.4. The third kappa shape index (κ3) is 4.09. The van der Waals surface area contributed by atoms with Crippen LogP contribution < -0.4 is 4.74 Å². The van der Waals surface area contributed by atoms with Crippen molar-refractivity contribution >= 4 is 35.6 Å². The number of aliphatic hydroxyl groups is 1. The Morgan fingerprint density at radius 3 is 2.39 bits per heavy atom. The summed E-state index contributed by atoms with van der Waals surface area (Å²) in [7, 11) is 0. The molecular weight excluding hydrogens is 392 g/mol. The van der Waals surface area contributed by atoms with Gasteiger partial charge in [-0.05, 0) is 54.3 Å². The van der Waals surface area contributed by atoms with Crippen LogP contribution in [0.5, 0.6) is 5.75 Å². The van der Waals surface area contributed by atoms with Crippen molar-refractivity contribution in [1.29, 1.82) is 0 Å². The van der Waals surface area contributed by atoms with E-state index in [-0.39, 0.29) is 9.65 Å². The van der Waals surface area contributed by atoms with Crippen LogP contribution in [0.2, 0.25) is 0 Å². The number of carboxylic acid groups (broad SMARTS) is 1. The average Bonchev–Trinajstić information content (AvgIpc) is 2.72. The van der Waals surface area contributed by atoms with Gasteiger partial charge in [0.1, 0.15) is 11.9 Å². The predicted molar refractivity (Wildman–Crippen MR) is 117 cm³/mol. The first kappa shape index (κ1) is 20.8. The molecule has 2 aromatic carbocycles. The number of carboxylic acids is 1. The van der Waals surface area contributed by atoms with Gasteiger partial charge in [-0.1, -0.05) is 30.3 Å². The molecule has 0 saturated heterocycles. The summed E-state index contributed by atoms with van der Waals surface area (Å²) in [6.07, 6.45) is 6.00. The Kier molecular flexibility index (Phi) is 6.43. The van der Waals surface area contributed by atoms with Crippen molar-refractivity contribution in [2.45, 2.75) is 23.5 Å². The van der Waals surface area contributed by atoms with Gasteiger partial charge in [0.25, 0.3) is 0 Å². The van der Waals surface area contributed by atoms with Crippen molar-refractivity contribution in [3.63, 3.8) is 0 Å². The van der Waals surface area contributed by atoms with E-state index in [0.717, 1.165) is 34.4 Å². The molecule has 0 aliphatic carbocycles. The first-order valence-electron chi connectivity index (χ1n) is 8.97. The Morgan fingerprint density at radius 2 is 1.79 bits per heavy atom. The minimum Gasteiger partial charge on any atom is -0.493 e. The van der Waals surface area contributed by atoms with E-state index < -0.39 is 12.1 Å². The van der Waals surface area contributed by atoms with Gasteiger partial charge in [0.15, 0.2) is 0 Å². The summed E-state index contributed by atoms with van der Waals surface area (Å²) >= 11 is 3.62. The number of hydrogen-bond acceptors (Lipinski definition) is 5. The molecule has 0 spiro atoms. The lowest BCUT2D eigenvalue weighted by molar-refractivity contribution is -0.132. The number of rotatable bonds is 6. The fourth-order valence-corrected chi connectivity index (χ4v) is 5.36. The fraction of sp³-hybridized carbons (Fsp3) is 0.318. The van der Waals surface area contributed by atoms with Crippen LogP contribution in [0.4, 0.5) is 0 Å². The summed E-state index contributed by atoms with van der Waals surface area (Å²) in [5, 5.41) is 19.9.